The Hall–Kier alpha value is -2.13. The predicted molar refractivity (Wildman–Crippen MR) is 71.4 cm³/mol. The zero-order valence-electron chi connectivity index (χ0n) is 10.9. The van der Waals surface area contributed by atoms with Gasteiger partial charge < -0.3 is 16.6 Å². The molecule has 0 radical (unpaired) electrons. The fourth-order valence-electron chi connectivity index (χ4n) is 1.38. The number of primary amides is 1. The maximum absolute atomic E-state index is 12.2. The molecule has 0 aromatic heterocycles. The first-order chi connectivity index (χ1) is 8.97. The quantitative estimate of drug-likeness (QED) is 0.538. The van der Waals surface area contributed by atoms with Crippen LogP contribution in [0.4, 0.5) is 5.69 Å². The van der Waals surface area contributed by atoms with Gasteiger partial charge in [0.05, 0.1) is 10.5 Å². The highest BCUT2D eigenvalue weighted by molar-refractivity contribution is 7.89. The zero-order chi connectivity index (χ0) is 15.7. The summed E-state index contributed by atoms with van der Waals surface area (Å²) in [6.07, 6.45) is 0. The Morgan fingerprint density at radius 1 is 1.30 bits per heavy atom. The molecule has 0 unspecified atom stereocenters. The van der Waals surface area contributed by atoms with Crippen LogP contribution in [-0.2, 0) is 14.8 Å². The maximum atomic E-state index is 12.2. The van der Waals surface area contributed by atoms with E-state index in [4.69, 9.17) is 16.6 Å². The number of nitrogens with two attached hydrogens (primary N) is 2. The lowest BCUT2D eigenvalue weighted by Crippen LogP contribution is -2.53. The number of anilines is 1. The molecule has 0 aliphatic rings. The predicted octanol–water partition coefficient (Wildman–Crippen LogP) is -0.491. The van der Waals surface area contributed by atoms with E-state index in [2.05, 4.69) is 0 Å². The van der Waals surface area contributed by atoms with Crippen molar-refractivity contribution < 1.29 is 23.1 Å². The van der Waals surface area contributed by atoms with E-state index in [0.29, 0.717) is 0 Å². The Labute approximate surface area is 115 Å². The van der Waals surface area contributed by atoms with E-state index >= 15 is 0 Å². The molecule has 1 amide bonds. The van der Waals surface area contributed by atoms with Gasteiger partial charge in [-0.25, -0.2) is 13.2 Å². The zero-order valence-corrected chi connectivity index (χ0v) is 11.7. The fourth-order valence-corrected chi connectivity index (χ4v) is 3.00. The highest BCUT2D eigenvalue weighted by Crippen LogP contribution is 2.21. The molecule has 0 saturated carbocycles. The number of nitrogen functional groups attached to an aromatic ring is 1. The second-order valence-corrected chi connectivity index (χ2v) is 6.31. The number of nitrogens with one attached hydrogen (secondary N) is 1. The number of benzene rings is 1. The minimum atomic E-state index is -4.27. The van der Waals surface area contributed by atoms with Gasteiger partial charge >= 0.3 is 5.97 Å². The van der Waals surface area contributed by atoms with Crippen LogP contribution in [-0.4, -0.2) is 30.9 Å². The first-order valence-electron chi connectivity index (χ1n) is 5.44. The molecule has 0 saturated heterocycles. The van der Waals surface area contributed by atoms with E-state index in [-0.39, 0.29) is 5.69 Å². The summed E-state index contributed by atoms with van der Waals surface area (Å²) in [6, 6.07) is 3.34. The van der Waals surface area contributed by atoms with Crippen LogP contribution >= 0.6 is 0 Å². The number of hydrogen-bond acceptors (Lipinski definition) is 5. The number of rotatable bonds is 5. The summed E-state index contributed by atoms with van der Waals surface area (Å²) < 4.78 is 26.4. The van der Waals surface area contributed by atoms with Gasteiger partial charge in [-0.15, -0.1) is 0 Å². The Balaban J connectivity index is 3.40. The third-order valence-corrected chi connectivity index (χ3v) is 4.23. The van der Waals surface area contributed by atoms with Crippen LogP contribution in [0.3, 0.4) is 0 Å². The fraction of sp³-hybridized carbons (Fsp3) is 0.273. The van der Waals surface area contributed by atoms with Gasteiger partial charge in [-0.1, -0.05) is 0 Å². The number of aromatic carboxylic acids is 1. The van der Waals surface area contributed by atoms with Gasteiger partial charge in [0.15, 0.2) is 0 Å². The molecular weight excluding hydrogens is 286 g/mol. The normalized spacial score (nSPS) is 12.1. The van der Waals surface area contributed by atoms with Crippen LogP contribution in [0, 0.1) is 0 Å². The van der Waals surface area contributed by atoms with E-state index in [0.717, 1.165) is 12.1 Å². The highest BCUT2D eigenvalue weighted by Gasteiger charge is 2.33. The first-order valence-corrected chi connectivity index (χ1v) is 6.92. The monoisotopic (exact) mass is 301 g/mol. The molecule has 6 N–H and O–H groups in total. The molecule has 110 valence electrons. The van der Waals surface area contributed by atoms with Crippen molar-refractivity contribution in [3.63, 3.8) is 0 Å². The van der Waals surface area contributed by atoms with E-state index in [1.165, 1.54) is 19.9 Å². The summed E-state index contributed by atoms with van der Waals surface area (Å²) in [5.41, 5.74) is 8.60. The third kappa shape index (κ3) is 3.25. The summed E-state index contributed by atoms with van der Waals surface area (Å²) in [7, 11) is -4.27. The smallest absolute Gasteiger partial charge is 0.337 e. The minimum Gasteiger partial charge on any atom is -0.478 e. The highest BCUT2D eigenvalue weighted by atomic mass is 32.2. The maximum Gasteiger partial charge on any atom is 0.337 e. The third-order valence-electron chi connectivity index (χ3n) is 2.53. The van der Waals surface area contributed by atoms with Gasteiger partial charge in [0, 0.05) is 5.69 Å². The molecule has 1 aromatic carbocycles. The number of amides is 1. The standard InChI is InChI=1S/C11H15N3O5S/c1-11(2,10(13)17)14-20(18,19)8-5-6(12)3-4-7(8)9(15)16/h3-5,14H,12H2,1-2H3,(H2,13,17)(H,15,16). The second-order valence-electron chi connectivity index (χ2n) is 4.66. The number of hydrogen-bond donors (Lipinski definition) is 4. The van der Waals surface area contributed by atoms with Crippen LogP contribution in [0.15, 0.2) is 23.1 Å². The molecule has 1 aromatic rings. The van der Waals surface area contributed by atoms with E-state index in [1.54, 1.807) is 0 Å². The number of sulfonamides is 1. The van der Waals surface area contributed by atoms with Crippen LogP contribution in [0.2, 0.25) is 0 Å². The van der Waals surface area contributed by atoms with Crippen molar-refractivity contribution in [3.8, 4) is 0 Å². The van der Waals surface area contributed by atoms with Crippen molar-refractivity contribution in [1.29, 1.82) is 0 Å². The van der Waals surface area contributed by atoms with E-state index in [1.807, 2.05) is 4.72 Å². The molecule has 0 spiro atoms. The van der Waals surface area contributed by atoms with Gasteiger partial charge in [-0.05, 0) is 32.0 Å². The molecule has 0 bridgehead atoms. The van der Waals surface area contributed by atoms with Crippen molar-refractivity contribution in [2.45, 2.75) is 24.3 Å². The summed E-state index contributed by atoms with van der Waals surface area (Å²) in [6.45, 7) is 2.53. The van der Waals surface area contributed by atoms with Crippen LogP contribution in [0.5, 0.6) is 0 Å². The average molecular weight is 301 g/mol. The van der Waals surface area contributed by atoms with Crippen molar-refractivity contribution in [2.24, 2.45) is 5.73 Å². The summed E-state index contributed by atoms with van der Waals surface area (Å²) in [5, 5.41) is 9.00. The molecule has 8 nitrogen and oxygen atoms in total. The van der Waals surface area contributed by atoms with Crippen molar-refractivity contribution in [2.75, 3.05) is 5.73 Å². The number of carboxylic acids is 1. The molecule has 0 atom stereocenters. The SMILES string of the molecule is CC(C)(NS(=O)(=O)c1cc(N)ccc1C(=O)O)C(N)=O. The van der Waals surface area contributed by atoms with Gasteiger partial charge in [0.2, 0.25) is 15.9 Å². The van der Waals surface area contributed by atoms with Crippen LogP contribution in [0.25, 0.3) is 0 Å². The Morgan fingerprint density at radius 3 is 2.30 bits per heavy atom. The molecule has 0 fully saturated rings. The lowest BCUT2D eigenvalue weighted by atomic mass is 10.1. The number of carboxylic acid groups (broad SMARTS) is 1. The summed E-state index contributed by atoms with van der Waals surface area (Å²) >= 11 is 0. The number of carbonyl (C=O) groups is 2. The topological polar surface area (TPSA) is 153 Å². The largest absolute Gasteiger partial charge is 0.478 e. The molecule has 20 heavy (non-hydrogen) atoms. The first kappa shape index (κ1) is 15.9. The average Bonchev–Trinajstić information content (AvgIpc) is 2.26. The van der Waals surface area contributed by atoms with Gasteiger partial charge in [0.1, 0.15) is 5.54 Å². The van der Waals surface area contributed by atoms with Gasteiger partial charge in [-0.2, -0.15) is 4.72 Å². The van der Waals surface area contributed by atoms with Crippen molar-refractivity contribution in [1.82, 2.24) is 4.72 Å². The molecule has 0 aliphatic heterocycles. The summed E-state index contributed by atoms with van der Waals surface area (Å²) in [5.74, 6) is -2.33. The Kier molecular flexibility index (Phi) is 4.06. The van der Waals surface area contributed by atoms with Gasteiger partial charge in [-0.3, -0.25) is 4.79 Å². The van der Waals surface area contributed by atoms with Crippen molar-refractivity contribution in [3.05, 3.63) is 23.8 Å². The lowest BCUT2D eigenvalue weighted by molar-refractivity contribution is -0.122. The Morgan fingerprint density at radius 2 is 1.85 bits per heavy atom. The molecule has 9 heteroatoms. The lowest BCUT2D eigenvalue weighted by Gasteiger charge is -2.22. The van der Waals surface area contributed by atoms with E-state index in [9.17, 15) is 18.0 Å². The van der Waals surface area contributed by atoms with Crippen LogP contribution < -0.4 is 16.2 Å². The molecular formula is C11H15N3O5S. The second kappa shape index (κ2) is 5.10. The number of carbonyl (C=O) groups excluding carboxylic acids is 1. The van der Waals surface area contributed by atoms with E-state index < -0.39 is 37.9 Å². The van der Waals surface area contributed by atoms with Crippen molar-refractivity contribution >= 4 is 27.6 Å². The van der Waals surface area contributed by atoms with Crippen LogP contribution in [0.1, 0.15) is 24.2 Å². The Bertz CT molecular complexity index is 667. The minimum absolute atomic E-state index is 0.0762. The summed E-state index contributed by atoms with van der Waals surface area (Å²) in [4.78, 5) is 21.7. The molecule has 0 heterocycles. The van der Waals surface area contributed by atoms with Gasteiger partial charge in [0.25, 0.3) is 0 Å². The molecule has 1 rings (SSSR count). The molecule has 0 aliphatic carbocycles.